The maximum absolute atomic E-state index is 3.54. The first-order valence-corrected chi connectivity index (χ1v) is 8.59. The fourth-order valence-corrected chi connectivity index (χ4v) is 4.26. The Morgan fingerprint density at radius 3 is 2.84 bits per heavy atom. The van der Waals surface area contributed by atoms with Gasteiger partial charge in [0.1, 0.15) is 0 Å². The molecule has 0 aromatic rings. The molecule has 3 fully saturated rings. The lowest BCUT2D eigenvalue weighted by Crippen LogP contribution is -2.37. The maximum atomic E-state index is 3.54. The second-order valence-corrected chi connectivity index (χ2v) is 6.84. The van der Waals surface area contributed by atoms with E-state index in [2.05, 4.69) is 15.1 Å². The summed E-state index contributed by atoms with van der Waals surface area (Å²) >= 11 is 0. The molecule has 1 N–H and O–H groups in total. The van der Waals surface area contributed by atoms with Crippen molar-refractivity contribution in [3.8, 4) is 0 Å². The average Bonchev–Trinajstić information content (AvgIpc) is 2.79. The second-order valence-electron chi connectivity index (χ2n) is 6.84. The number of hydrogen-bond acceptors (Lipinski definition) is 3. The van der Waals surface area contributed by atoms with Gasteiger partial charge in [0, 0.05) is 12.6 Å². The van der Waals surface area contributed by atoms with Crippen LogP contribution in [0.15, 0.2) is 0 Å². The van der Waals surface area contributed by atoms with E-state index in [1.165, 1.54) is 90.8 Å². The van der Waals surface area contributed by atoms with Gasteiger partial charge in [-0.1, -0.05) is 0 Å². The van der Waals surface area contributed by atoms with Gasteiger partial charge >= 0.3 is 0 Å². The fraction of sp³-hybridized carbons (Fsp3) is 1.00. The van der Waals surface area contributed by atoms with Gasteiger partial charge in [-0.2, -0.15) is 0 Å². The molecule has 2 unspecified atom stereocenters. The third-order valence-electron chi connectivity index (χ3n) is 5.37. The maximum Gasteiger partial charge on any atom is 0.0223 e. The Kier molecular flexibility index (Phi) is 5.14. The minimum absolute atomic E-state index is 0.888. The summed E-state index contributed by atoms with van der Waals surface area (Å²) in [4.78, 5) is 5.50. The molecule has 3 aliphatic heterocycles. The zero-order valence-electron chi connectivity index (χ0n) is 12.4. The van der Waals surface area contributed by atoms with Gasteiger partial charge < -0.3 is 10.2 Å². The van der Waals surface area contributed by atoms with E-state index in [1.54, 1.807) is 0 Å². The average molecular weight is 265 g/mol. The summed E-state index contributed by atoms with van der Waals surface area (Å²) in [5.41, 5.74) is 0. The van der Waals surface area contributed by atoms with Crippen LogP contribution in [0, 0.1) is 5.92 Å². The Morgan fingerprint density at radius 1 is 1.00 bits per heavy atom. The summed E-state index contributed by atoms with van der Waals surface area (Å²) in [5, 5.41) is 3.54. The molecule has 0 aromatic carbocycles. The highest BCUT2D eigenvalue weighted by molar-refractivity contribution is 4.85. The van der Waals surface area contributed by atoms with E-state index < -0.39 is 0 Å². The van der Waals surface area contributed by atoms with Crippen LogP contribution in [0.2, 0.25) is 0 Å². The van der Waals surface area contributed by atoms with E-state index in [0.717, 1.165) is 12.0 Å². The van der Waals surface area contributed by atoms with Crippen LogP contribution in [0.5, 0.6) is 0 Å². The van der Waals surface area contributed by atoms with Crippen LogP contribution in [0.4, 0.5) is 0 Å². The van der Waals surface area contributed by atoms with Crippen LogP contribution in [0.25, 0.3) is 0 Å². The minimum atomic E-state index is 0.888. The molecule has 110 valence electrons. The lowest BCUT2D eigenvalue weighted by molar-refractivity contribution is 0.213. The van der Waals surface area contributed by atoms with Gasteiger partial charge in [-0.3, -0.25) is 4.90 Å². The van der Waals surface area contributed by atoms with E-state index >= 15 is 0 Å². The second kappa shape index (κ2) is 7.05. The highest BCUT2D eigenvalue weighted by Gasteiger charge is 2.28. The van der Waals surface area contributed by atoms with Crippen molar-refractivity contribution in [2.24, 2.45) is 5.92 Å². The van der Waals surface area contributed by atoms with Crippen molar-refractivity contribution in [2.45, 2.75) is 51.0 Å². The highest BCUT2D eigenvalue weighted by Crippen LogP contribution is 2.22. The molecule has 3 nitrogen and oxygen atoms in total. The monoisotopic (exact) mass is 265 g/mol. The first kappa shape index (κ1) is 13.8. The standard InChI is InChI=1S/C16H31N3/c1-5-15(13-17-8-1)6-2-9-18-10-4-12-19-11-3-7-16(19)14-18/h15-17H,1-14H2. The number of hydrogen-bond donors (Lipinski definition) is 1. The van der Waals surface area contributed by atoms with Crippen LogP contribution in [-0.2, 0) is 0 Å². The molecule has 3 heterocycles. The lowest BCUT2D eigenvalue weighted by Gasteiger charge is -2.27. The fourth-order valence-electron chi connectivity index (χ4n) is 4.26. The summed E-state index contributed by atoms with van der Waals surface area (Å²) in [6.45, 7) is 9.29. The summed E-state index contributed by atoms with van der Waals surface area (Å²) in [6.07, 6.45) is 9.99. The predicted molar refractivity (Wildman–Crippen MR) is 80.5 cm³/mol. The third kappa shape index (κ3) is 3.93. The largest absolute Gasteiger partial charge is 0.316 e. The number of nitrogens with one attached hydrogen (secondary N) is 1. The van der Waals surface area contributed by atoms with Gasteiger partial charge in [0.15, 0.2) is 0 Å². The van der Waals surface area contributed by atoms with Crippen LogP contribution in [0.3, 0.4) is 0 Å². The molecule has 0 radical (unpaired) electrons. The molecule has 3 aliphatic rings. The molecular weight excluding hydrogens is 234 g/mol. The molecule has 3 saturated heterocycles. The van der Waals surface area contributed by atoms with Crippen molar-refractivity contribution < 1.29 is 0 Å². The Morgan fingerprint density at radius 2 is 1.95 bits per heavy atom. The van der Waals surface area contributed by atoms with Crippen molar-refractivity contribution >= 4 is 0 Å². The van der Waals surface area contributed by atoms with Crippen LogP contribution in [-0.4, -0.2) is 61.7 Å². The number of fused-ring (bicyclic) bond motifs is 1. The molecule has 19 heavy (non-hydrogen) atoms. The highest BCUT2D eigenvalue weighted by atomic mass is 15.3. The Bertz CT molecular complexity index is 263. The van der Waals surface area contributed by atoms with E-state index in [1.807, 2.05) is 0 Å². The Hall–Kier alpha value is -0.120. The van der Waals surface area contributed by atoms with Gasteiger partial charge in [-0.05, 0) is 90.1 Å². The first-order valence-electron chi connectivity index (χ1n) is 8.59. The molecule has 3 heteroatoms. The van der Waals surface area contributed by atoms with Crippen molar-refractivity contribution in [3.63, 3.8) is 0 Å². The topological polar surface area (TPSA) is 18.5 Å². The Balaban J connectivity index is 1.37. The van der Waals surface area contributed by atoms with E-state index in [0.29, 0.717) is 0 Å². The SMILES string of the molecule is C1CNCC(CCCN2CCCN3CCCC3C2)C1. The van der Waals surface area contributed by atoms with Gasteiger partial charge in [-0.25, -0.2) is 0 Å². The third-order valence-corrected chi connectivity index (χ3v) is 5.37. The summed E-state index contributed by atoms with van der Waals surface area (Å²) < 4.78 is 0. The summed E-state index contributed by atoms with van der Waals surface area (Å²) in [5.74, 6) is 0.962. The molecule has 0 bridgehead atoms. The smallest absolute Gasteiger partial charge is 0.0223 e. The van der Waals surface area contributed by atoms with Gasteiger partial charge in [-0.15, -0.1) is 0 Å². The molecule has 2 atom stereocenters. The summed E-state index contributed by atoms with van der Waals surface area (Å²) in [6, 6.07) is 0.888. The van der Waals surface area contributed by atoms with Gasteiger partial charge in [0.25, 0.3) is 0 Å². The van der Waals surface area contributed by atoms with Crippen molar-refractivity contribution in [1.82, 2.24) is 15.1 Å². The quantitative estimate of drug-likeness (QED) is 0.838. The lowest BCUT2D eigenvalue weighted by atomic mass is 9.94. The number of piperidine rings is 1. The number of nitrogens with zero attached hydrogens (tertiary/aromatic N) is 2. The molecule has 0 amide bonds. The molecule has 0 saturated carbocycles. The van der Waals surface area contributed by atoms with E-state index in [4.69, 9.17) is 0 Å². The van der Waals surface area contributed by atoms with Crippen LogP contribution in [0.1, 0.15) is 44.9 Å². The summed E-state index contributed by atoms with van der Waals surface area (Å²) in [7, 11) is 0. The van der Waals surface area contributed by atoms with Crippen molar-refractivity contribution in [2.75, 3.05) is 45.8 Å². The van der Waals surface area contributed by atoms with Crippen LogP contribution < -0.4 is 5.32 Å². The van der Waals surface area contributed by atoms with E-state index in [9.17, 15) is 0 Å². The molecule has 0 aliphatic carbocycles. The Labute approximate surface area is 118 Å². The van der Waals surface area contributed by atoms with Crippen LogP contribution >= 0.6 is 0 Å². The zero-order chi connectivity index (χ0) is 12.9. The van der Waals surface area contributed by atoms with Gasteiger partial charge in [0.2, 0.25) is 0 Å². The minimum Gasteiger partial charge on any atom is -0.316 e. The van der Waals surface area contributed by atoms with E-state index in [-0.39, 0.29) is 0 Å². The molecular formula is C16H31N3. The number of rotatable bonds is 4. The molecule has 0 spiro atoms. The van der Waals surface area contributed by atoms with Crippen molar-refractivity contribution in [3.05, 3.63) is 0 Å². The predicted octanol–water partition coefficient (Wildman–Crippen LogP) is 1.94. The zero-order valence-corrected chi connectivity index (χ0v) is 12.4. The molecule has 3 rings (SSSR count). The van der Waals surface area contributed by atoms with Gasteiger partial charge in [0.05, 0.1) is 0 Å². The normalized spacial score (nSPS) is 34.1. The molecule has 0 aromatic heterocycles. The first-order chi connectivity index (χ1) is 9.42. The van der Waals surface area contributed by atoms with Crippen molar-refractivity contribution in [1.29, 1.82) is 0 Å².